The van der Waals surface area contributed by atoms with Gasteiger partial charge >= 0.3 is 5.97 Å². The lowest BCUT2D eigenvalue weighted by Crippen LogP contribution is -2.35. The number of carboxylic acids is 1. The van der Waals surface area contributed by atoms with E-state index < -0.39 is 34.7 Å². The van der Waals surface area contributed by atoms with Crippen LogP contribution < -0.4 is 15.3 Å². The second-order valence-corrected chi connectivity index (χ2v) is 6.99. The van der Waals surface area contributed by atoms with Crippen molar-refractivity contribution in [1.29, 1.82) is 0 Å². The summed E-state index contributed by atoms with van der Waals surface area (Å²) in [5.41, 5.74) is -1.88. The zero-order chi connectivity index (χ0) is 19.3. The molecule has 2 aliphatic rings. The summed E-state index contributed by atoms with van der Waals surface area (Å²) in [6.07, 6.45) is 2.54. The average Bonchev–Trinajstić information content (AvgIpc) is 3.27. The highest BCUT2D eigenvalue weighted by molar-refractivity contribution is 5.94. The first-order chi connectivity index (χ1) is 12.9. The van der Waals surface area contributed by atoms with Crippen LogP contribution in [-0.4, -0.2) is 53.1 Å². The number of aliphatic hydroxyl groups is 1. The number of nitrogens with zero attached hydrogens (tertiary/aromatic N) is 3. The number of aliphatic hydroxyl groups excluding tert-OH is 1. The third kappa shape index (κ3) is 2.82. The standard InChI is InChI=1S/C18H19F2N3O4/c19-13-7-11-15(14(20)16(13)21-6-3-10(24)8-21)23(22-4-1-2-5-22)9-12(17(11)25)18(26)27/h7,9-10,24H,1-6,8H2,(H,26,27). The van der Waals surface area contributed by atoms with Crippen LogP contribution in [-0.2, 0) is 0 Å². The number of β-amino-alcohol motifs (C(OH)–C–C–N with tert-alkyl or cyclic N) is 1. The number of aromatic carboxylic acids is 1. The molecule has 0 spiro atoms. The van der Waals surface area contributed by atoms with E-state index in [4.69, 9.17) is 0 Å². The van der Waals surface area contributed by atoms with Crippen molar-refractivity contribution >= 4 is 22.6 Å². The molecule has 144 valence electrons. The maximum absolute atomic E-state index is 15.4. The molecule has 1 atom stereocenters. The molecule has 2 saturated heterocycles. The number of hydrogen-bond donors (Lipinski definition) is 2. The summed E-state index contributed by atoms with van der Waals surface area (Å²) in [5.74, 6) is -3.30. The molecule has 2 fully saturated rings. The predicted octanol–water partition coefficient (Wildman–Crippen LogP) is 1.28. The van der Waals surface area contributed by atoms with Gasteiger partial charge in [0.2, 0.25) is 5.43 Å². The molecule has 7 nitrogen and oxygen atoms in total. The predicted molar refractivity (Wildman–Crippen MR) is 95.1 cm³/mol. The molecule has 4 rings (SSSR count). The molecule has 9 heteroatoms. The lowest BCUT2D eigenvalue weighted by Gasteiger charge is -2.26. The Bertz CT molecular complexity index is 985. The summed E-state index contributed by atoms with van der Waals surface area (Å²) in [6, 6.07) is 0.903. The van der Waals surface area contributed by atoms with E-state index in [-0.39, 0.29) is 23.1 Å². The number of benzene rings is 1. The number of pyridine rings is 1. The highest BCUT2D eigenvalue weighted by Crippen LogP contribution is 2.32. The highest BCUT2D eigenvalue weighted by Gasteiger charge is 2.30. The summed E-state index contributed by atoms with van der Waals surface area (Å²) in [6.45, 7) is 1.54. The summed E-state index contributed by atoms with van der Waals surface area (Å²) in [5, 5.41) is 20.5. The monoisotopic (exact) mass is 379 g/mol. The number of carbonyl (C=O) groups is 1. The molecule has 2 aromatic rings. The largest absolute Gasteiger partial charge is 0.477 e. The van der Waals surface area contributed by atoms with Gasteiger partial charge in [-0.25, -0.2) is 13.6 Å². The number of fused-ring (bicyclic) bond motifs is 1. The molecule has 0 bridgehead atoms. The number of anilines is 1. The number of halogens is 2. The third-order valence-electron chi connectivity index (χ3n) is 5.24. The Morgan fingerprint density at radius 2 is 1.89 bits per heavy atom. The molecule has 1 aromatic heterocycles. The molecule has 3 heterocycles. The van der Waals surface area contributed by atoms with Crippen LogP contribution >= 0.6 is 0 Å². The number of aromatic nitrogens is 1. The van der Waals surface area contributed by atoms with Gasteiger partial charge in [-0.1, -0.05) is 0 Å². The fraction of sp³-hybridized carbons (Fsp3) is 0.444. The SMILES string of the molecule is O=C(O)c1cn(N2CCCC2)c2c(F)c(N3CCC(O)C3)c(F)cc2c1=O. The van der Waals surface area contributed by atoms with E-state index in [1.165, 1.54) is 9.58 Å². The van der Waals surface area contributed by atoms with Crippen LogP contribution in [0.2, 0.25) is 0 Å². The Morgan fingerprint density at radius 1 is 1.19 bits per heavy atom. The molecular formula is C18H19F2N3O4. The van der Waals surface area contributed by atoms with Crippen molar-refractivity contribution in [2.75, 3.05) is 36.1 Å². The first kappa shape index (κ1) is 17.7. The van der Waals surface area contributed by atoms with Gasteiger partial charge < -0.3 is 20.1 Å². The minimum atomic E-state index is -1.44. The molecule has 0 saturated carbocycles. The smallest absolute Gasteiger partial charge is 0.341 e. The van der Waals surface area contributed by atoms with Gasteiger partial charge in [-0.2, -0.15) is 0 Å². The minimum absolute atomic E-state index is 0.0977. The van der Waals surface area contributed by atoms with Crippen LogP contribution in [0.1, 0.15) is 29.6 Å². The van der Waals surface area contributed by atoms with Crippen molar-refractivity contribution in [2.45, 2.75) is 25.4 Å². The Kier molecular flexibility index (Phi) is 4.26. The summed E-state index contributed by atoms with van der Waals surface area (Å²) < 4.78 is 31.5. The molecule has 0 radical (unpaired) electrons. The van der Waals surface area contributed by atoms with Crippen molar-refractivity contribution in [3.8, 4) is 0 Å². The van der Waals surface area contributed by atoms with Crippen LogP contribution in [0.4, 0.5) is 14.5 Å². The Morgan fingerprint density at radius 3 is 2.48 bits per heavy atom. The maximum atomic E-state index is 15.4. The lowest BCUT2D eigenvalue weighted by atomic mass is 10.1. The van der Waals surface area contributed by atoms with E-state index in [0.29, 0.717) is 26.1 Å². The van der Waals surface area contributed by atoms with Gasteiger partial charge in [0.25, 0.3) is 0 Å². The van der Waals surface area contributed by atoms with Crippen LogP contribution in [0.5, 0.6) is 0 Å². The minimum Gasteiger partial charge on any atom is -0.477 e. The van der Waals surface area contributed by atoms with E-state index in [0.717, 1.165) is 25.1 Å². The van der Waals surface area contributed by atoms with Gasteiger partial charge in [-0.3, -0.25) is 9.47 Å². The van der Waals surface area contributed by atoms with Gasteiger partial charge in [0, 0.05) is 32.4 Å². The zero-order valence-corrected chi connectivity index (χ0v) is 14.5. The Labute approximate surface area is 153 Å². The van der Waals surface area contributed by atoms with E-state index in [1.54, 1.807) is 5.01 Å². The van der Waals surface area contributed by atoms with Gasteiger partial charge in [-0.15, -0.1) is 0 Å². The molecule has 2 aliphatic heterocycles. The first-order valence-corrected chi connectivity index (χ1v) is 8.87. The van der Waals surface area contributed by atoms with Crippen molar-refractivity contribution in [2.24, 2.45) is 0 Å². The average molecular weight is 379 g/mol. The van der Waals surface area contributed by atoms with Crippen LogP contribution in [0, 0.1) is 11.6 Å². The fourth-order valence-corrected chi connectivity index (χ4v) is 3.91. The molecule has 0 aliphatic carbocycles. The maximum Gasteiger partial charge on any atom is 0.341 e. The van der Waals surface area contributed by atoms with Crippen LogP contribution in [0.3, 0.4) is 0 Å². The number of hydrogen-bond acceptors (Lipinski definition) is 5. The fourth-order valence-electron chi connectivity index (χ4n) is 3.91. The van der Waals surface area contributed by atoms with E-state index in [9.17, 15) is 24.2 Å². The number of carboxylic acid groups (broad SMARTS) is 1. The molecule has 1 aromatic carbocycles. The second kappa shape index (κ2) is 6.49. The van der Waals surface area contributed by atoms with Gasteiger partial charge in [0.15, 0.2) is 5.82 Å². The van der Waals surface area contributed by atoms with Crippen molar-refractivity contribution in [1.82, 2.24) is 4.68 Å². The molecular weight excluding hydrogens is 360 g/mol. The lowest BCUT2D eigenvalue weighted by molar-refractivity contribution is 0.0694. The van der Waals surface area contributed by atoms with Gasteiger partial charge in [-0.05, 0) is 25.3 Å². The molecule has 0 amide bonds. The van der Waals surface area contributed by atoms with Crippen LogP contribution in [0.25, 0.3) is 10.9 Å². The van der Waals surface area contributed by atoms with Gasteiger partial charge in [0.05, 0.1) is 11.5 Å². The van der Waals surface area contributed by atoms with E-state index >= 15 is 4.39 Å². The van der Waals surface area contributed by atoms with Crippen molar-refractivity contribution in [3.05, 3.63) is 39.7 Å². The highest BCUT2D eigenvalue weighted by atomic mass is 19.1. The van der Waals surface area contributed by atoms with Gasteiger partial charge in [0.1, 0.15) is 22.6 Å². The summed E-state index contributed by atoms with van der Waals surface area (Å²) in [7, 11) is 0. The quantitative estimate of drug-likeness (QED) is 0.836. The Balaban J connectivity index is 2.02. The second-order valence-electron chi connectivity index (χ2n) is 6.99. The van der Waals surface area contributed by atoms with E-state index in [2.05, 4.69) is 0 Å². The molecule has 27 heavy (non-hydrogen) atoms. The summed E-state index contributed by atoms with van der Waals surface area (Å²) in [4.78, 5) is 25.4. The van der Waals surface area contributed by atoms with Crippen LogP contribution in [0.15, 0.2) is 17.1 Å². The topological polar surface area (TPSA) is 86.0 Å². The third-order valence-corrected chi connectivity index (χ3v) is 5.24. The zero-order valence-electron chi connectivity index (χ0n) is 14.5. The number of rotatable bonds is 3. The van der Waals surface area contributed by atoms with Crippen molar-refractivity contribution in [3.63, 3.8) is 0 Å². The van der Waals surface area contributed by atoms with Crippen molar-refractivity contribution < 1.29 is 23.8 Å². The molecule has 1 unspecified atom stereocenters. The van der Waals surface area contributed by atoms with E-state index in [1.807, 2.05) is 0 Å². The normalized spacial score (nSPS) is 20.0. The summed E-state index contributed by atoms with van der Waals surface area (Å²) >= 11 is 0. The molecule has 2 N–H and O–H groups in total. The Hall–Kier alpha value is -2.68. The first-order valence-electron chi connectivity index (χ1n) is 8.87.